The number of ether oxygens (including phenoxy) is 1. The summed E-state index contributed by atoms with van der Waals surface area (Å²) in [5.41, 5.74) is 1.07. The highest BCUT2D eigenvalue weighted by Gasteiger charge is 2.19. The lowest BCUT2D eigenvalue weighted by molar-refractivity contribution is 0.0991. The maximum Gasteiger partial charge on any atom is 0.200 e. The van der Waals surface area contributed by atoms with Gasteiger partial charge in [-0.15, -0.1) is 0 Å². The average Bonchev–Trinajstić information content (AvgIpc) is 2.90. The van der Waals surface area contributed by atoms with Gasteiger partial charge in [0.25, 0.3) is 0 Å². The summed E-state index contributed by atoms with van der Waals surface area (Å²) < 4.78 is 49.3. The zero-order chi connectivity index (χ0) is 27.7. The van der Waals surface area contributed by atoms with E-state index in [4.69, 9.17) is 4.74 Å². The standard InChI is InChI=1S/C30H22F3N3O3/c1-17(2)36-15-22(19-4-6-20(31)7-5-19)30(38)23(16-36)26(37)12-18-3-8-27(24(33)11-18)39-28-9-10-34-25-13-21(32)14-35-29(25)28/h3-11,13-17H,12H2,1-2H3. The van der Waals surface area contributed by atoms with E-state index >= 15 is 0 Å². The summed E-state index contributed by atoms with van der Waals surface area (Å²) in [6.07, 6.45) is 5.31. The molecule has 0 aliphatic carbocycles. The molecule has 0 fully saturated rings. The topological polar surface area (TPSA) is 74.1 Å². The molecule has 39 heavy (non-hydrogen) atoms. The number of hydrogen-bond donors (Lipinski definition) is 0. The molecule has 0 aliphatic heterocycles. The molecule has 0 saturated carbocycles. The van der Waals surface area contributed by atoms with Gasteiger partial charge in [-0.05, 0) is 49.2 Å². The number of pyridine rings is 3. The first-order valence-corrected chi connectivity index (χ1v) is 12.1. The van der Waals surface area contributed by atoms with Gasteiger partial charge in [-0.1, -0.05) is 18.2 Å². The lowest BCUT2D eigenvalue weighted by Gasteiger charge is -2.15. The molecule has 196 valence electrons. The van der Waals surface area contributed by atoms with Gasteiger partial charge in [0, 0.05) is 48.7 Å². The highest BCUT2D eigenvalue weighted by atomic mass is 19.1. The summed E-state index contributed by atoms with van der Waals surface area (Å²) in [5, 5.41) is 0. The van der Waals surface area contributed by atoms with E-state index in [1.54, 1.807) is 10.8 Å². The second-order valence-electron chi connectivity index (χ2n) is 9.26. The summed E-state index contributed by atoms with van der Waals surface area (Å²) in [6.45, 7) is 3.80. The minimum absolute atomic E-state index is 0.0483. The third-order valence-corrected chi connectivity index (χ3v) is 6.19. The van der Waals surface area contributed by atoms with Crippen molar-refractivity contribution in [3.05, 3.63) is 118 Å². The van der Waals surface area contributed by atoms with Gasteiger partial charge in [0.05, 0.1) is 17.3 Å². The van der Waals surface area contributed by atoms with Crippen molar-refractivity contribution in [1.29, 1.82) is 0 Å². The highest BCUT2D eigenvalue weighted by molar-refractivity contribution is 5.98. The first kappa shape index (κ1) is 25.8. The van der Waals surface area contributed by atoms with Crippen molar-refractivity contribution in [1.82, 2.24) is 14.5 Å². The van der Waals surface area contributed by atoms with E-state index in [9.17, 15) is 22.8 Å². The van der Waals surface area contributed by atoms with Crippen LogP contribution in [0, 0.1) is 17.5 Å². The van der Waals surface area contributed by atoms with E-state index in [1.165, 1.54) is 60.9 Å². The Morgan fingerprint density at radius 2 is 1.69 bits per heavy atom. The van der Waals surface area contributed by atoms with Gasteiger partial charge in [-0.2, -0.15) is 0 Å². The Bertz CT molecular complexity index is 1770. The third-order valence-electron chi connectivity index (χ3n) is 6.19. The van der Waals surface area contributed by atoms with Crippen molar-refractivity contribution in [3.63, 3.8) is 0 Å². The van der Waals surface area contributed by atoms with Gasteiger partial charge in [0.15, 0.2) is 28.5 Å². The van der Waals surface area contributed by atoms with Crippen LogP contribution in [0.1, 0.15) is 35.8 Å². The molecule has 0 saturated heterocycles. The number of ketones is 1. The molecule has 6 nitrogen and oxygen atoms in total. The Labute approximate surface area is 221 Å². The number of halogens is 3. The van der Waals surface area contributed by atoms with Gasteiger partial charge in [0.1, 0.15) is 17.2 Å². The summed E-state index contributed by atoms with van der Waals surface area (Å²) in [7, 11) is 0. The Morgan fingerprint density at radius 3 is 2.41 bits per heavy atom. The van der Waals surface area contributed by atoms with Crippen molar-refractivity contribution in [2.24, 2.45) is 0 Å². The molecular formula is C30H22F3N3O3. The number of carbonyl (C=O) groups excluding carboxylic acids is 1. The van der Waals surface area contributed by atoms with Crippen molar-refractivity contribution in [2.75, 3.05) is 0 Å². The number of hydrogen-bond acceptors (Lipinski definition) is 5. The number of fused-ring (bicyclic) bond motifs is 1. The zero-order valence-electron chi connectivity index (χ0n) is 21.0. The minimum Gasteiger partial charge on any atom is -0.452 e. The van der Waals surface area contributed by atoms with E-state index in [0.29, 0.717) is 11.1 Å². The van der Waals surface area contributed by atoms with E-state index < -0.39 is 28.7 Å². The Balaban J connectivity index is 1.42. The number of rotatable bonds is 7. The number of nitrogens with zero attached hydrogens (tertiary/aromatic N) is 3. The van der Waals surface area contributed by atoms with E-state index in [0.717, 1.165) is 12.3 Å². The molecule has 3 heterocycles. The third kappa shape index (κ3) is 5.43. The summed E-state index contributed by atoms with van der Waals surface area (Å²) in [5.74, 6) is -2.15. The first-order valence-electron chi connectivity index (χ1n) is 12.1. The predicted octanol–water partition coefficient (Wildman–Crippen LogP) is 6.67. The van der Waals surface area contributed by atoms with E-state index in [1.807, 2.05) is 13.8 Å². The molecule has 0 atom stereocenters. The molecule has 3 aromatic heterocycles. The maximum absolute atomic E-state index is 15.0. The fourth-order valence-electron chi connectivity index (χ4n) is 4.13. The van der Waals surface area contributed by atoms with Gasteiger partial charge < -0.3 is 9.30 Å². The number of carbonyl (C=O) groups is 1. The van der Waals surface area contributed by atoms with Gasteiger partial charge in [-0.3, -0.25) is 14.6 Å². The van der Waals surface area contributed by atoms with Crippen molar-refractivity contribution in [2.45, 2.75) is 26.3 Å². The second-order valence-corrected chi connectivity index (χ2v) is 9.26. The monoisotopic (exact) mass is 529 g/mol. The molecule has 5 aromatic rings. The van der Waals surface area contributed by atoms with Crippen LogP contribution in [0.15, 0.2) is 84.2 Å². The van der Waals surface area contributed by atoms with Crippen molar-refractivity contribution < 1.29 is 22.7 Å². The van der Waals surface area contributed by atoms with Crippen LogP contribution in [0.5, 0.6) is 11.5 Å². The Kier molecular flexibility index (Phi) is 6.98. The predicted molar refractivity (Wildman–Crippen MR) is 140 cm³/mol. The highest BCUT2D eigenvalue weighted by Crippen LogP contribution is 2.30. The zero-order valence-corrected chi connectivity index (χ0v) is 21.0. The molecule has 5 rings (SSSR count). The van der Waals surface area contributed by atoms with Crippen LogP contribution in [-0.4, -0.2) is 20.3 Å². The molecule has 0 amide bonds. The minimum atomic E-state index is -0.730. The molecule has 0 N–H and O–H groups in total. The fraction of sp³-hybridized carbons (Fsp3) is 0.133. The Morgan fingerprint density at radius 1 is 0.923 bits per heavy atom. The lowest BCUT2D eigenvalue weighted by Crippen LogP contribution is -2.22. The summed E-state index contributed by atoms with van der Waals surface area (Å²) >= 11 is 0. The molecule has 0 unspecified atom stereocenters. The normalized spacial score (nSPS) is 11.2. The lowest BCUT2D eigenvalue weighted by atomic mass is 9.99. The van der Waals surface area contributed by atoms with Crippen LogP contribution in [0.2, 0.25) is 0 Å². The van der Waals surface area contributed by atoms with Crippen molar-refractivity contribution in [3.8, 4) is 22.6 Å². The molecule has 0 spiro atoms. The SMILES string of the molecule is CC(C)n1cc(C(=O)Cc2ccc(Oc3ccnc4cc(F)cnc34)c(F)c2)c(=O)c(-c2ccc(F)cc2)c1. The van der Waals surface area contributed by atoms with Crippen LogP contribution in [0.3, 0.4) is 0 Å². The Hall–Kier alpha value is -4.79. The van der Waals surface area contributed by atoms with Crippen molar-refractivity contribution >= 4 is 16.8 Å². The number of aromatic nitrogens is 3. The van der Waals surface area contributed by atoms with Crippen LogP contribution in [0.4, 0.5) is 13.2 Å². The second kappa shape index (κ2) is 10.5. The number of benzene rings is 2. The smallest absolute Gasteiger partial charge is 0.200 e. The molecule has 0 radical (unpaired) electrons. The van der Waals surface area contributed by atoms with Crippen LogP contribution in [-0.2, 0) is 6.42 Å². The van der Waals surface area contributed by atoms with Gasteiger partial charge in [0.2, 0.25) is 0 Å². The molecule has 0 bridgehead atoms. The fourth-order valence-corrected chi connectivity index (χ4v) is 4.13. The summed E-state index contributed by atoms with van der Waals surface area (Å²) in [6, 6.07) is 12.1. The first-order chi connectivity index (χ1) is 18.7. The molecule has 0 aliphatic rings. The molecule has 2 aromatic carbocycles. The largest absolute Gasteiger partial charge is 0.452 e. The molecular weight excluding hydrogens is 507 g/mol. The molecule has 9 heteroatoms. The van der Waals surface area contributed by atoms with Gasteiger partial charge in [-0.25, -0.2) is 18.2 Å². The maximum atomic E-state index is 15.0. The van der Waals surface area contributed by atoms with Gasteiger partial charge >= 0.3 is 0 Å². The van der Waals surface area contributed by atoms with E-state index in [-0.39, 0.29) is 46.1 Å². The van der Waals surface area contributed by atoms with Crippen LogP contribution in [0.25, 0.3) is 22.2 Å². The van der Waals surface area contributed by atoms with Crippen LogP contribution >= 0.6 is 0 Å². The quantitative estimate of drug-likeness (QED) is 0.220. The number of Topliss-reactive ketones (excluding diaryl/α,β-unsaturated/α-hetero) is 1. The van der Waals surface area contributed by atoms with E-state index in [2.05, 4.69) is 9.97 Å². The van der Waals surface area contributed by atoms with Crippen LogP contribution < -0.4 is 10.2 Å². The average molecular weight is 530 g/mol. The summed E-state index contributed by atoms with van der Waals surface area (Å²) in [4.78, 5) is 34.5.